The van der Waals surface area contributed by atoms with E-state index in [4.69, 9.17) is 33.2 Å². The van der Waals surface area contributed by atoms with Gasteiger partial charge in [0, 0.05) is 51.9 Å². The zero-order chi connectivity index (χ0) is 89.2. The Labute approximate surface area is 753 Å². The van der Waals surface area contributed by atoms with Crippen LogP contribution in [0.5, 0.6) is 0 Å². The molecule has 19 nitrogen and oxygen atoms in total. The van der Waals surface area contributed by atoms with Crippen molar-refractivity contribution in [3.63, 3.8) is 0 Å². The van der Waals surface area contributed by atoms with E-state index in [0.29, 0.717) is 51.9 Å². The zero-order valence-corrected chi connectivity index (χ0v) is 79.5. The average molecular weight is 1730 g/mol. The molecule has 3 aromatic rings. The maximum Gasteiger partial charge on any atom is 0.306 e. The van der Waals surface area contributed by atoms with Crippen molar-refractivity contribution in [3.05, 3.63) is 108 Å². The van der Waals surface area contributed by atoms with Crippen molar-refractivity contribution in [1.29, 1.82) is 0 Å². The zero-order valence-electron chi connectivity index (χ0n) is 79.5. The Bertz CT molecular complexity index is 2980. The fraction of sp³-hybridized carbons (Fsp3) is 0.762. The molecule has 2 aliphatic rings. The Balaban J connectivity index is 1.34. The largest absolute Gasteiger partial charge is 0.463 e. The van der Waals surface area contributed by atoms with Gasteiger partial charge in [-0.25, -0.2) is 0 Å². The predicted octanol–water partition coefficient (Wildman–Crippen LogP) is 23.2. The van der Waals surface area contributed by atoms with Crippen LogP contribution in [0.3, 0.4) is 0 Å². The highest BCUT2D eigenvalue weighted by molar-refractivity contribution is 5.92. The Morgan fingerprint density at radius 2 is 0.573 bits per heavy atom. The molecule has 2 fully saturated rings. The number of likely N-dealkylation sites (tertiary alicyclic amines) is 1. The molecule has 124 heavy (non-hydrogen) atoms. The quantitative estimate of drug-likeness (QED) is 0.0305. The van der Waals surface area contributed by atoms with Crippen molar-refractivity contribution in [2.75, 3.05) is 85.3 Å². The minimum atomic E-state index is -1.40. The van der Waals surface area contributed by atoms with Crippen molar-refractivity contribution in [2.24, 2.45) is 16.2 Å². The standard InChI is InChI=1S/C105H175N5O14/c1-9-13-17-32-56-89(5)121-96(111)66-42-28-50-74-108(75-51-29-43-67-97(112)122-90(6)57-33-18-14-10-2)72-48-23-21-46-70-106-100(115)103(86-118-80-93-60-36-25-37-61-93)83-104(87-119-81-94-62-38-26-39-63-94,85-105(84-103,102(117)110-78-54-55-79-110)88-120-82-95-64-40-27-41-65-95)101(116)107-71-47-22-24-49-73-109(76-52-30-44-68-98(113)123-91(7)58-34-19-15-11-3)77-53-31-45-69-99(114)124-92(8)59-35-20-16-12-4/h25-27,36-41,60-65,89-92H,9-24,28-35,42-59,66-88H2,1-8H3,(H,106,115)(H,107,116). The second-order valence-corrected chi connectivity index (χ2v) is 37.2. The summed E-state index contributed by atoms with van der Waals surface area (Å²) in [6.07, 6.45) is 43.6. The summed E-state index contributed by atoms with van der Waals surface area (Å²) in [5.41, 5.74) is -1.30. The molecule has 0 bridgehead atoms. The Hall–Kier alpha value is -6.25. The summed E-state index contributed by atoms with van der Waals surface area (Å²) in [7, 11) is 0. The van der Waals surface area contributed by atoms with Gasteiger partial charge in [0.1, 0.15) is 0 Å². The van der Waals surface area contributed by atoms with Crippen LogP contribution < -0.4 is 10.6 Å². The third kappa shape index (κ3) is 48.2. The molecule has 0 radical (unpaired) electrons. The number of nitrogens with zero attached hydrogens (tertiary/aromatic N) is 3. The molecule has 19 heteroatoms. The summed E-state index contributed by atoms with van der Waals surface area (Å²) < 4.78 is 43.7. The minimum Gasteiger partial charge on any atom is -0.463 e. The topological polar surface area (TPSA) is 218 Å². The molecular weight excluding hydrogens is 1560 g/mol. The van der Waals surface area contributed by atoms with E-state index in [1.807, 2.05) is 124 Å². The molecule has 6 unspecified atom stereocenters. The van der Waals surface area contributed by atoms with Crippen LogP contribution in [0.2, 0.25) is 0 Å². The first-order valence-corrected chi connectivity index (χ1v) is 50.3. The Morgan fingerprint density at radius 1 is 0.323 bits per heavy atom. The molecule has 2 N–H and O–H groups in total. The second-order valence-electron chi connectivity index (χ2n) is 37.2. The van der Waals surface area contributed by atoms with Crippen molar-refractivity contribution in [2.45, 2.75) is 414 Å². The molecule has 1 aliphatic carbocycles. The van der Waals surface area contributed by atoms with Crippen molar-refractivity contribution in [3.8, 4) is 0 Å². The van der Waals surface area contributed by atoms with Gasteiger partial charge < -0.3 is 58.5 Å². The van der Waals surface area contributed by atoms with E-state index < -0.39 is 16.2 Å². The molecule has 1 heterocycles. The maximum atomic E-state index is 16.2. The van der Waals surface area contributed by atoms with Gasteiger partial charge in [-0.2, -0.15) is 0 Å². The van der Waals surface area contributed by atoms with E-state index in [9.17, 15) is 19.2 Å². The van der Waals surface area contributed by atoms with Crippen molar-refractivity contribution >= 4 is 41.6 Å². The average Bonchev–Trinajstić information content (AvgIpc) is 0.854. The lowest BCUT2D eigenvalue weighted by Gasteiger charge is -2.54. The lowest BCUT2D eigenvalue weighted by Crippen LogP contribution is -2.64. The van der Waals surface area contributed by atoms with Crippen LogP contribution in [0.25, 0.3) is 0 Å². The number of hydrogen-bond donors (Lipinski definition) is 2. The van der Waals surface area contributed by atoms with Gasteiger partial charge in [-0.05, 0) is 244 Å². The normalized spacial score (nSPS) is 17.5. The minimum absolute atomic E-state index is 0.0200. The number of hydrogen-bond acceptors (Lipinski definition) is 16. The van der Waals surface area contributed by atoms with Gasteiger partial charge >= 0.3 is 23.9 Å². The van der Waals surface area contributed by atoms with E-state index in [0.717, 1.165) is 249 Å². The predicted molar refractivity (Wildman–Crippen MR) is 502 cm³/mol. The molecule has 0 aromatic heterocycles. The maximum absolute atomic E-state index is 16.2. The molecule has 3 aromatic carbocycles. The summed E-state index contributed by atoms with van der Waals surface area (Å²) >= 11 is 0. The monoisotopic (exact) mass is 1730 g/mol. The summed E-state index contributed by atoms with van der Waals surface area (Å²) in [5.74, 6) is -0.999. The third-order valence-corrected chi connectivity index (χ3v) is 25.3. The van der Waals surface area contributed by atoms with Crippen molar-refractivity contribution < 1.29 is 66.7 Å². The molecule has 704 valence electrons. The first-order chi connectivity index (χ1) is 60.3. The molecule has 3 amide bonds. The third-order valence-electron chi connectivity index (χ3n) is 25.3. The highest BCUT2D eigenvalue weighted by Crippen LogP contribution is 2.57. The second kappa shape index (κ2) is 67.9. The lowest BCUT2D eigenvalue weighted by atomic mass is 9.52. The van der Waals surface area contributed by atoms with E-state index >= 15 is 14.4 Å². The molecule has 0 spiro atoms. The van der Waals surface area contributed by atoms with Gasteiger partial charge in [-0.3, -0.25) is 33.6 Å². The number of esters is 4. The van der Waals surface area contributed by atoms with E-state index in [-0.39, 0.29) is 125 Å². The molecular formula is C105H175N5O14. The van der Waals surface area contributed by atoms with Crippen LogP contribution in [-0.4, -0.2) is 166 Å². The van der Waals surface area contributed by atoms with Gasteiger partial charge in [-0.1, -0.05) is 247 Å². The van der Waals surface area contributed by atoms with E-state index in [1.54, 1.807) is 0 Å². The molecule has 1 aliphatic heterocycles. The van der Waals surface area contributed by atoms with E-state index in [2.05, 4.69) is 48.1 Å². The van der Waals surface area contributed by atoms with Gasteiger partial charge in [0.2, 0.25) is 17.7 Å². The Morgan fingerprint density at radius 3 is 0.855 bits per heavy atom. The van der Waals surface area contributed by atoms with Crippen LogP contribution in [0.15, 0.2) is 91.0 Å². The molecule has 1 saturated carbocycles. The first-order valence-electron chi connectivity index (χ1n) is 50.3. The number of nitrogens with one attached hydrogen (secondary N) is 2. The van der Waals surface area contributed by atoms with Crippen LogP contribution >= 0.6 is 0 Å². The summed E-state index contributed by atoms with van der Waals surface area (Å²) in [6.45, 7) is 24.9. The molecule has 6 atom stereocenters. The number of unbranched alkanes of at least 4 members (excludes halogenated alkanes) is 26. The van der Waals surface area contributed by atoms with Crippen LogP contribution in [0, 0.1) is 16.2 Å². The highest BCUT2D eigenvalue weighted by Gasteiger charge is 2.64. The van der Waals surface area contributed by atoms with Crippen LogP contribution in [0.4, 0.5) is 0 Å². The fourth-order valence-electron chi connectivity index (χ4n) is 18.2. The molecule has 5 rings (SSSR count). The summed E-state index contributed by atoms with van der Waals surface area (Å²) in [4.78, 5) is 107. The van der Waals surface area contributed by atoms with E-state index in [1.165, 1.54) is 77.0 Å². The summed E-state index contributed by atoms with van der Waals surface area (Å²) in [5, 5.41) is 6.90. The number of amides is 3. The van der Waals surface area contributed by atoms with Gasteiger partial charge in [0.05, 0.1) is 80.3 Å². The van der Waals surface area contributed by atoms with Crippen LogP contribution in [0.1, 0.15) is 387 Å². The van der Waals surface area contributed by atoms with Gasteiger partial charge in [0.15, 0.2) is 0 Å². The fourth-order valence-corrected chi connectivity index (χ4v) is 18.2. The summed E-state index contributed by atoms with van der Waals surface area (Å²) in [6, 6.07) is 29.9. The smallest absolute Gasteiger partial charge is 0.306 e. The first kappa shape index (κ1) is 108. The number of carbonyl (C=O) groups excluding carboxylic acids is 7. The van der Waals surface area contributed by atoms with Gasteiger partial charge in [0.25, 0.3) is 0 Å². The molecule has 1 saturated heterocycles. The lowest BCUT2D eigenvalue weighted by molar-refractivity contribution is -0.180. The number of ether oxygens (including phenoxy) is 7. The number of benzene rings is 3. The van der Waals surface area contributed by atoms with Gasteiger partial charge in [-0.15, -0.1) is 0 Å². The Kier molecular flexibility index (Phi) is 59.3. The number of rotatable bonds is 77. The van der Waals surface area contributed by atoms with Crippen molar-refractivity contribution in [1.82, 2.24) is 25.3 Å². The SMILES string of the molecule is CCCCCCC(C)OC(=O)CCCCCN(CCCCCCNC(=O)C1(COCc2ccccc2)CC(COCc2ccccc2)(C(=O)NCCCCCCN(CCCCCC(=O)OC(C)CCCCCC)CCCCCC(=O)OC(C)CCCCCC)CC(COCc2ccccc2)(C(=O)N2CCCC2)C1)CCCCCC(=O)OC(C)CCCCCC. The highest BCUT2D eigenvalue weighted by atomic mass is 16.6. The number of carbonyl (C=O) groups is 7. The van der Waals surface area contributed by atoms with Crippen LogP contribution in [-0.2, 0) is 86.5 Å².